The van der Waals surface area contributed by atoms with E-state index in [2.05, 4.69) is 10.4 Å². The molecule has 3 rings (SSSR count). The third-order valence-corrected chi connectivity index (χ3v) is 4.21. The summed E-state index contributed by atoms with van der Waals surface area (Å²) in [6, 6.07) is -1.00. The van der Waals surface area contributed by atoms with E-state index in [4.69, 9.17) is 0 Å². The molecule has 1 heterocycles. The van der Waals surface area contributed by atoms with Crippen molar-refractivity contribution in [2.75, 3.05) is 0 Å². The summed E-state index contributed by atoms with van der Waals surface area (Å²) in [6.07, 6.45) is 6.16. The van der Waals surface area contributed by atoms with Crippen molar-refractivity contribution in [3.63, 3.8) is 0 Å². The number of hydrogen-bond donors (Lipinski definition) is 2. The van der Waals surface area contributed by atoms with Crippen LogP contribution in [0.15, 0.2) is 12.4 Å². The second-order valence-corrected chi connectivity index (χ2v) is 5.65. The summed E-state index contributed by atoms with van der Waals surface area (Å²) in [5.74, 6) is 0.213. The quantitative estimate of drug-likeness (QED) is 0.837. The van der Waals surface area contributed by atoms with E-state index < -0.39 is 12.0 Å². The van der Waals surface area contributed by atoms with E-state index in [1.54, 1.807) is 13.2 Å². The number of nitrogens with one attached hydrogen (secondary N) is 1. The molecule has 102 valence electrons. The summed E-state index contributed by atoms with van der Waals surface area (Å²) in [5, 5.41) is 15.8. The Bertz CT molecular complexity index is 515. The lowest BCUT2D eigenvalue weighted by molar-refractivity contribution is -0.142. The van der Waals surface area contributed by atoms with Crippen LogP contribution in [0.5, 0.6) is 0 Å². The number of aryl methyl sites for hydroxylation is 1. The maximum atomic E-state index is 12.1. The highest BCUT2D eigenvalue weighted by Gasteiger charge is 2.48. The van der Waals surface area contributed by atoms with E-state index in [-0.39, 0.29) is 11.8 Å². The van der Waals surface area contributed by atoms with Crippen LogP contribution in [0, 0.1) is 17.8 Å². The molecule has 2 N–H and O–H groups in total. The van der Waals surface area contributed by atoms with Gasteiger partial charge in [0.05, 0.1) is 6.20 Å². The highest BCUT2D eigenvalue weighted by atomic mass is 16.4. The molecule has 6 nitrogen and oxygen atoms in total. The molecule has 3 atom stereocenters. The Morgan fingerprint density at radius 2 is 2.11 bits per heavy atom. The highest BCUT2D eigenvalue weighted by molar-refractivity contribution is 5.86. The van der Waals surface area contributed by atoms with E-state index in [9.17, 15) is 14.7 Å². The first-order valence-electron chi connectivity index (χ1n) is 6.56. The zero-order chi connectivity index (χ0) is 13.6. The van der Waals surface area contributed by atoms with Crippen molar-refractivity contribution in [2.24, 2.45) is 24.8 Å². The summed E-state index contributed by atoms with van der Waals surface area (Å²) in [7, 11) is 1.72. The molecular weight excluding hydrogens is 246 g/mol. The van der Waals surface area contributed by atoms with Gasteiger partial charge in [0.15, 0.2) is 6.04 Å². The molecule has 2 saturated carbocycles. The van der Waals surface area contributed by atoms with Crippen molar-refractivity contribution in [1.82, 2.24) is 15.1 Å². The van der Waals surface area contributed by atoms with Crippen molar-refractivity contribution < 1.29 is 14.7 Å². The Labute approximate surface area is 110 Å². The fourth-order valence-electron chi connectivity index (χ4n) is 3.07. The van der Waals surface area contributed by atoms with Gasteiger partial charge >= 0.3 is 5.97 Å². The Balaban J connectivity index is 1.67. The maximum Gasteiger partial charge on any atom is 0.331 e. The van der Waals surface area contributed by atoms with Crippen LogP contribution in [-0.2, 0) is 16.6 Å². The van der Waals surface area contributed by atoms with Gasteiger partial charge in [0.1, 0.15) is 0 Å². The minimum Gasteiger partial charge on any atom is -0.479 e. The van der Waals surface area contributed by atoms with Crippen molar-refractivity contribution in [3.05, 3.63) is 18.0 Å². The van der Waals surface area contributed by atoms with Crippen LogP contribution in [0.3, 0.4) is 0 Å². The van der Waals surface area contributed by atoms with Crippen LogP contribution >= 0.6 is 0 Å². The van der Waals surface area contributed by atoms with Crippen LogP contribution in [0.2, 0.25) is 0 Å². The molecule has 0 saturated heterocycles. The molecule has 2 aliphatic rings. The molecule has 0 radical (unpaired) electrons. The Morgan fingerprint density at radius 1 is 1.42 bits per heavy atom. The third-order valence-electron chi connectivity index (χ3n) is 4.21. The van der Waals surface area contributed by atoms with Crippen LogP contribution in [0.1, 0.15) is 30.9 Å². The molecule has 1 amide bonds. The first-order chi connectivity index (χ1) is 9.04. The van der Waals surface area contributed by atoms with Crippen molar-refractivity contribution in [1.29, 1.82) is 0 Å². The fraction of sp³-hybridized carbons (Fsp3) is 0.615. The summed E-state index contributed by atoms with van der Waals surface area (Å²) < 4.78 is 1.53. The van der Waals surface area contributed by atoms with Gasteiger partial charge < -0.3 is 10.4 Å². The van der Waals surface area contributed by atoms with Crippen LogP contribution in [0.25, 0.3) is 0 Å². The molecule has 0 bridgehead atoms. The number of carboxylic acids is 1. The minimum atomic E-state index is -1.05. The number of rotatable bonds is 4. The Hall–Kier alpha value is -1.85. The van der Waals surface area contributed by atoms with Gasteiger partial charge in [0, 0.05) is 24.7 Å². The largest absolute Gasteiger partial charge is 0.479 e. The van der Waals surface area contributed by atoms with Gasteiger partial charge in [0.2, 0.25) is 5.91 Å². The molecule has 1 aromatic rings. The number of carboxylic acid groups (broad SMARTS) is 1. The van der Waals surface area contributed by atoms with Crippen LogP contribution < -0.4 is 5.32 Å². The van der Waals surface area contributed by atoms with Gasteiger partial charge in [-0.3, -0.25) is 9.48 Å². The van der Waals surface area contributed by atoms with Gasteiger partial charge in [0.25, 0.3) is 0 Å². The summed E-state index contributed by atoms with van der Waals surface area (Å²) in [5.41, 5.74) is 0.506. The number of fused-ring (bicyclic) bond motifs is 1. The number of carbonyl (C=O) groups excluding carboxylic acids is 1. The Morgan fingerprint density at radius 3 is 2.63 bits per heavy atom. The second kappa shape index (κ2) is 4.36. The van der Waals surface area contributed by atoms with Crippen LogP contribution in [0.4, 0.5) is 0 Å². The highest BCUT2D eigenvalue weighted by Crippen LogP contribution is 2.54. The predicted molar refractivity (Wildman–Crippen MR) is 66.0 cm³/mol. The van der Waals surface area contributed by atoms with Gasteiger partial charge in [-0.1, -0.05) is 0 Å². The number of carbonyl (C=O) groups is 2. The number of aliphatic carboxylic acids is 1. The Kier molecular flexibility index (Phi) is 2.80. The number of amides is 1. The molecular formula is C13H17N3O3. The average Bonchev–Trinajstić information content (AvgIpc) is 2.77. The SMILES string of the molecule is Cn1cc(C(NC(=O)C2CC3CC3C2)C(=O)O)cn1. The van der Waals surface area contributed by atoms with E-state index in [0.717, 1.165) is 12.8 Å². The lowest BCUT2D eigenvalue weighted by Gasteiger charge is -2.17. The zero-order valence-corrected chi connectivity index (χ0v) is 10.7. The van der Waals surface area contributed by atoms with E-state index in [1.165, 1.54) is 17.3 Å². The first kappa shape index (κ1) is 12.2. The van der Waals surface area contributed by atoms with E-state index >= 15 is 0 Å². The fourth-order valence-corrected chi connectivity index (χ4v) is 3.07. The van der Waals surface area contributed by atoms with Crippen molar-refractivity contribution in [2.45, 2.75) is 25.3 Å². The first-order valence-corrected chi connectivity index (χ1v) is 6.56. The third kappa shape index (κ3) is 2.34. The van der Waals surface area contributed by atoms with E-state index in [0.29, 0.717) is 17.4 Å². The van der Waals surface area contributed by atoms with E-state index in [1.807, 2.05) is 0 Å². The summed E-state index contributed by atoms with van der Waals surface area (Å²) in [4.78, 5) is 23.4. The lowest BCUT2D eigenvalue weighted by atomic mass is 10.0. The molecule has 3 unspecified atom stereocenters. The molecule has 19 heavy (non-hydrogen) atoms. The van der Waals surface area contributed by atoms with Gasteiger partial charge in [-0.05, 0) is 31.1 Å². The predicted octanol–water partition coefficient (Wildman–Crippen LogP) is 0.708. The summed E-state index contributed by atoms with van der Waals surface area (Å²) >= 11 is 0. The standard InChI is InChI=1S/C13H17N3O3/c1-16-6-10(5-14-16)11(13(18)19)15-12(17)9-3-7-2-8(7)4-9/h5-9,11H,2-4H2,1H3,(H,15,17)(H,18,19). The molecule has 2 aliphatic carbocycles. The molecule has 0 aromatic carbocycles. The molecule has 0 spiro atoms. The molecule has 2 fully saturated rings. The maximum absolute atomic E-state index is 12.1. The molecule has 0 aliphatic heterocycles. The van der Waals surface area contributed by atoms with Crippen LogP contribution in [-0.4, -0.2) is 26.8 Å². The topological polar surface area (TPSA) is 84.2 Å². The van der Waals surface area contributed by atoms with Crippen molar-refractivity contribution in [3.8, 4) is 0 Å². The van der Waals surface area contributed by atoms with Gasteiger partial charge in [-0.15, -0.1) is 0 Å². The second-order valence-electron chi connectivity index (χ2n) is 5.65. The van der Waals surface area contributed by atoms with Gasteiger partial charge in [-0.2, -0.15) is 5.10 Å². The monoisotopic (exact) mass is 263 g/mol. The minimum absolute atomic E-state index is 0.0118. The molecule has 1 aromatic heterocycles. The zero-order valence-electron chi connectivity index (χ0n) is 10.7. The number of aromatic nitrogens is 2. The van der Waals surface area contributed by atoms with Crippen molar-refractivity contribution >= 4 is 11.9 Å². The smallest absolute Gasteiger partial charge is 0.331 e. The average molecular weight is 263 g/mol. The summed E-state index contributed by atoms with van der Waals surface area (Å²) in [6.45, 7) is 0. The number of hydrogen-bond acceptors (Lipinski definition) is 3. The van der Waals surface area contributed by atoms with Gasteiger partial charge in [-0.25, -0.2) is 4.79 Å². The molecule has 6 heteroatoms. The lowest BCUT2D eigenvalue weighted by Crippen LogP contribution is -2.37. The normalized spacial score (nSPS) is 29.6. The number of nitrogens with zero attached hydrogens (tertiary/aromatic N) is 2.